The summed E-state index contributed by atoms with van der Waals surface area (Å²) >= 11 is 1.72. The van der Waals surface area contributed by atoms with E-state index >= 15 is 0 Å². The van der Waals surface area contributed by atoms with Gasteiger partial charge < -0.3 is 41.5 Å². The maximum Gasteiger partial charge on any atom is 0.118 e. The number of ether oxygens (including phenoxy) is 1. The van der Waals surface area contributed by atoms with E-state index in [-0.39, 0.29) is 0 Å². The fourth-order valence-electron chi connectivity index (χ4n) is 7.22. The highest BCUT2D eigenvalue weighted by Gasteiger charge is 2.05. The Labute approximate surface area is 435 Å². The molecular weight excluding hydrogens is 903 g/mol. The van der Waals surface area contributed by atoms with Crippen molar-refractivity contribution in [1.29, 1.82) is 0 Å². The summed E-state index contributed by atoms with van der Waals surface area (Å²) in [6.45, 7) is 6.26. The molecule has 6 N–H and O–H groups in total. The first kappa shape index (κ1) is 56.8. The molecule has 0 bridgehead atoms. The highest BCUT2D eigenvalue weighted by molar-refractivity contribution is 7.98. The predicted octanol–water partition coefficient (Wildman–Crippen LogP) is 14.8. The lowest BCUT2D eigenvalue weighted by Gasteiger charge is -2.16. The molecule has 8 nitrogen and oxygen atoms in total. The number of nitrogen functional groups attached to an aromatic ring is 3. The van der Waals surface area contributed by atoms with Crippen LogP contribution in [0.1, 0.15) is 16.7 Å². The second kappa shape index (κ2) is 28.8. The number of aryl methyl sites for hydroxylation is 3. The molecule has 9 aromatic carbocycles. The number of benzene rings is 9. The molecule has 0 aliphatic heterocycles. The first-order valence-electron chi connectivity index (χ1n) is 23.9. The molecule has 376 valence electrons. The largest absolute Gasteiger partial charge is 0.497 e. The van der Waals surface area contributed by atoms with Crippen LogP contribution in [-0.4, -0.2) is 69.7 Å². The Morgan fingerprint density at radius 3 is 1.19 bits per heavy atom. The molecule has 0 fully saturated rings. The monoisotopic (exact) mass is 980 g/mol. The van der Waals surface area contributed by atoms with Gasteiger partial charge in [-0.1, -0.05) is 126 Å². The lowest BCUT2D eigenvalue weighted by molar-refractivity contribution is 0.414. The van der Waals surface area contributed by atoms with Gasteiger partial charge >= 0.3 is 0 Å². The number of hydrogen-bond donors (Lipinski definition) is 3. The molecule has 9 aromatic rings. The quantitative estimate of drug-likeness (QED) is 0.106. The van der Waals surface area contributed by atoms with Crippen molar-refractivity contribution < 1.29 is 4.74 Å². The first-order chi connectivity index (χ1) is 34.4. The molecule has 0 unspecified atom stereocenters. The Bertz CT molecular complexity index is 2880. The zero-order valence-corrected chi connectivity index (χ0v) is 45.6. The van der Waals surface area contributed by atoms with Gasteiger partial charge in [-0.25, -0.2) is 0 Å². The zero-order chi connectivity index (χ0) is 52.7. The van der Waals surface area contributed by atoms with Crippen LogP contribution in [0.4, 0.5) is 39.8 Å². The lowest BCUT2D eigenvalue weighted by Crippen LogP contribution is -2.09. The summed E-state index contributed by atoms with van der Waals surface area (Å²) in [4.78, 5) is 9.66. The van der Waals surface area contributed by atoms with Gasteiger partial charge in [0.25, 0.3) is 0 Å². The normalized spacial score (nSPS) is 9.96. The van der Waals surface area contributed by atoms with Crippen molar-refractivity contribution in [2.45, 2.75) is 25.7 Å². The number of rotatable bonds is 7. The van der Waals surface area contributed by atoms with E-state index in [1.165, 1.54) is 66.2 Å². The summed E-state index contributed by atoms with van der Waals surface area (Å²) in [5.74, 6) is 0.917. The van der Waals surface area contributed by atoms with Gasteiger partial charge in [0.1, 0.15) is 5.75 Å². The van der Waals surface area contributed by atoms with E-state index in [9.17, 15) is 0 Å². The lowest BCUT2D eigenvalue weighted by atomic mass is 10.0. The van der Waals surface area contributed by atoms with E-state index in [2.05, 4.69) is 164 Å². The fourth-order valence-corrected chi connectivity index (χ4v) is 7.63. The highest BCUT2D eigenvalue weighted by Crippen LogP contribution is 2.30. The molecule has 0 saturated heterocycles. The fraction of sp³-hybridized carbons (Fsp3) is 0.206. The van der Waals surface area contributed by atoms with Crippen molar-refractivity contribution in [2.75, 3.05) is 107 Å². The Balaban J connectivity index is 0.000000190. The first-order valence-corrected chi connectivity index (χ1v) is 25.1. The Morgan fingerprint density at radius 2 is 0.736 bits per heavy atom. The molecule has 0 spiro atoms. The minimum Gasteiger partial charge on any atom is -0.497 e. The van der Waals surface area contributed by atoms with E-state index in [4.69, 9.17) is 21.9 Å². The Morgan fingerprint density at radius 1 is 0.361 bits per heavy atom. The number of hydrogen-bond acceptors (Lipinski definition) is 9. The van der Waals surface area contributed by atoms with Crippen molar-refractivity contribution in [3.8, 4) is 16.9 Å². The second-order valence-corrected chi connectivity index (χ2v) is 18.9. The molecule has 0 aliphatic rings. The third kappa shape index (κ3) is 17.9. The SMILES string of the molecule is CN(C)c1ccc(N)c2ccccc12.CN(C)c1cccc2c(N)cccc12.COc1ccc(C)cc1.CSc1ccc(N)cc1.Cc1ccc(-c2ccc(N(C)C)cc2)cc1.Cc1ccc(N(C)C)cc1. The summed E-state index contributed by atoms with van der Waals surface area (Å²) in [6, 6.07) is 66.0. The molecular formula is C63H77N7OS. The molecule has 0 heterocycles. The standard InChI is InChI=1S/C15H17N.2C12H14N2.C9H13N.C8H10O.C7H9NS/c1-12-4-6-13(7-5-12)14-8-10-15(11-9-14)16(2)3;1-14(2)12-8-4-5-9-10(12)6-3-7-11(9)13;1-14(2)12-8-7-11(13)9-5-3-4-6-10(9)12;1-8-4-6-9(7-5-8)10(2)3;1-7-3-5-8(9-2)6-4-7;1-9-7-4-2-6(8)3-5-7/h4-11H,1-3H3;2*3-8H,13H2,1-2H3;4-7H,1-3H3;3-6H,1-2H3;2-5H,8H2,1H3. The van der Waals surface area contributed by atoms with Gasteiger partial charge in [0.05, 0.1) is 7.11 Å². The smallest absolute Gasteiger partial charge is 0.118 e. The van der Waals surface area contributed by atoms with Gasteiger partial charge in [0, 0.05) is 123 Å². The number of methoxy groups -OCH3 is 1. The molecule has 72 heavy (non-hydrogen) atoms. The maximum absolute atomic E-state index is 5.91. The van der Waals surface area contributed by atoms with E-state index in [1.807, 2.05) is 133 Å². The van der Waals surface area contributed by atoms with Crippen molar-refractivity contribution in [3.63, 3.8) is 0 Å². The van der Waals surface area contributed by atoms with E-state index in [0.29, 0.717) is 0 Å². The third-order valence-electron chi connectivity index (χ3n) is 11.5. The van der Waals surface area contributed by atoms with Crippen LogP contribution in [0.25, 0.3) is 32.7 Å². The van der Waals surface area contributed by atoms with Gasteiger partial charge in [-0.05, 0) is 123 Å². The topological polar surface area (TPSA) is 100 Å². The number of nitrogens with two attached hydrogens (primary N) is 3. The molecule has 9 heteroatoms. The van der Waals surface area contributed by atoms with Crippen LogP contribution in [-0.2, 0) is 0 Å². The van der Waals surface area contributed by atoms with Crippen molar-refractivity contribution in [3.05, 3.63) is 211 Å². The summed E-state index contributed by atoms with van der Waals surface area (Å²) in [5.41, 5.74) is 31.1. The van der Waals surface area contributed by atoms with Crippen LogP contribution in [0, 0.1) is 20.8 Å². The van der Waals surface area contributed by atoms with Crippen LogP contribution in [0.2, 0.25) is 0 Å². The van der Waals surface area contributed by atoms with Gasteiger partial charge in [0.15, 0.2) is 0 Å². The highest BCUT2D eigenvalue weighted by atomic mass is 32.2. The van der Waals surface area contributed by atoms with Crippen molar-refractivity contribution >= 4 is 73.1 Å². The molecule has 0 atom stereocenters. The predicted molar refractivity (Wildman–Crippen MR) is 322 cm³/mol. The van der Waals surface area contributed by atoms with Gasteiger partial charge in [0.2, 0.25) is 0 Å². The molecule has 9 rings (SSSR count). The van der Waals surface area contributed by atoms with Crippen molar-refractivity contribution in [1.82, 2.24) is 0 Å². The van der Waals surface area contributed by atoms with Crippen LogP contribution >= 0.6 is 11.8 Å². The maximum atomic E-state index is 5.91. The van der Waals surface area contributed by atoms with Crippen molar-refractivity contribution in [2.24, 2.45) is 0 Å². The van der Waals surface area contributed by atoms with Crippen LogP contribution in [0.15, 0.2) is 199 Å². The van der Waals surface area contributed by atoms with Gasteiger partial charge in [-0.2, -0.15) is 0 Å². The van der Waals surface area contributed by atoms with E-state index in [0.717, 1.165) is 33.6 Å². The Kier molecular flexibility index (Phi) is 22.7. The van der Waals surface area contributed by atoms with Gasteiger partial charge in [-0.15, -0.1) is 11.8 Å². The minimum absolute atomic E-state index is 0.827. The van der Waals surface area contributed by atoms with Gasteiger partial charge in [-0.3, -0.25) is 0 Å². The average Bonchev–Trinajstić information content (AvgIpc) is 3.38. The molecule has 0 aromatic heterocycles. The summed E-state index contributed by atoms with van der Waals surface area (Å²) in [7, 11) is 18.0. The third-order valence-corrected chi connectivity index (χ3v) is 12.3. The molecule has 0 aliphatic carbocycles. The van der Waals surface area contributed by atoms with E-state index < -0.39 is 0 Å². The summed E-state index contributed by atoms with van der Waals surface area (Å²) in [5, 5.41) is 4.66. The molecule has 0 radical (unpaired) electrons. The molecule has 0 amide bonds. The zero-order valence-electron chi connectivity index (χ0n) is 44.8. The summed E-state index contributed by atoms with van der Waals surface area (Å²) in [6.07, 6.45) is 2.05. The van der Waals surface area contributed by atoms with Crippen LogP contribution in [0.3, 0.4) is 0 Å². The second-order valence-electron chi connectivity index (χ2n) is 18.1. The Hall–Kier alpha value is -7.75. The average molecular weight is 980 g/mol. The number of thioether (sulfide) groups is 1. The minimum atomic E-state index is 0.827. The number of nitrogens with zero attached hydrogens (tertiary/aromatic N) is 4. The van der Waals surface area contributed by atoms with E-state index in [1.54, 1.807) is 18.9 Å². The van der Waals surface area contributed by atoms with Crippen LogP contribution in [0.5, 0.6) is 5.75 Å². The number of fused-ring (bicyclic) bond motifs is 2. The molecule has 0 saturated carbocycles. The summed E-state index contributed by atoms with van der Waals surface area (Å²) < 4.78 is 4.97. The number of anilines is 7. The van der Waals surface area contributed by atoms with Crippen LogP contribution < -0.4 is 41.5 Å².